The molecule has 0 aromatic heterocycles. The van der Waals surface area contributed by atoms with Gasteiger partial charge in [0.2, 0.25) is 0 Å². The summed E-state index contributed by atoms with van der Waals surface area (Å²) in [5, 5.41) is 9.63. The molecular formula is C18H19NO2S. The van der Waals surface area contributed by atoms with Crippen LogP contribution in [0.25, 0.3) is 6.08 Å². The zero-order valence-electron chi connectivity index (χ0n) is 12.5. The van der Waals surface area contributed by atoms with Gasteiger partial charge in [-0.25, -0.2) is 5.06 Å². The predicted octanol–water partition coefficient (Wildman–Crippen LogP) is 3.88. The van der Waals surface area contributed by atoms with Crippen LogP contribution in [-0.4, -0.2) is 29.0 Å². The van der Waals surface area contributed by atoms with Gasteiger partial charge in [0.15, 0.2) is 0 Å². The lowest BCUT2D eigenvalue weighted by atomic mass is 10.2. The third kappa shape index (κ3) is 5.06. The normalized spacial score (nSPS) is 10.8. The van der Waals surface area contributed by atoms with Gasteiger partial charge in [-0.3, -0.25) is 10.0 Å². The lowest BCUT2D eigenvalue weighted by Crippen LogP contribution is -2.19. The molecule has 0 spiro atoms. The van der Waals surface area contributed by atoms with Gasteiger partial charge in [-0.1, -0.05) is 48.5 Å². The van der Waals surface area contributed by atoms with Crippen LogP contribution in [0.1, 0.15) is 11.1 Å². The number of benzene rings is 2. The molecule has 0 radical (unpaired) electrons. The molecule has 0 fully saturated rings. The monoisotopic (exact) mass is 313 g/mol. The van der Waals surface area contributed by atoms with E-state index in [1.807, 2.05) is 42.5 Å². The highest BCUT2D eigenvalue weighted by atomic mass is 32.2. The Balaban J connectivity index is 1.98. The topological polar surface area (TPSA) is 40.5 Å². The van der Waals surface area contributed by atoms with Crippen molar-refractivity contribution in [3.05, 3.63) is 71.8 Å². The molecule has 1 amide bonds. The van der Waals surface area contributed by atoms with E-state index in [1.165, 1.54) is 18.7 Å². The van der Waals surface area contributed by atoms with Gasteiger partial charge in [-0.15, -0.1) is 11.8 Å². The Bertz CT molecular complexity index is 639. The average Bonchev–Trinajstić information content (AvgIpc) is 2.54. The lowest BCUT2D eigenvalue weighted by molar-refractivity contribution is -0.153. The minimum Gasteiger partial charge on any atom is -0.286 e. The van der Waals surface area contributed by atoms with E-state index in [0.717, 1.165) is 22.6 Å². The first kappa shape index (κ1) is 16.3. The van der Waals surface area contributed by atoms with Crippen molar-refractivity contribution >= 4 is 23.7 Å². The van der Waals surface area contributed by atoms with Crippen molar-refractivity contribution in [1.29, 1.82) is 0 Å². The number of rotatable bonds is 6. The molecule has 1 N–H and O–H groups in total. The molecule has 0 saturated carbocycles. The maximum atomic E-state index is 11.4. The molecule has 0 aliphatic rings. The summed E-state index contributed by atoms with van der Waals surface area (Å²) in [4.78, 5) is 12.5. The van der Waals surface area contributed by atoms with E-state index >= 15 is 0 Å². The Labute approximate surface area is 135 Å². The molecule has 0 aliphatic carbocycles. The standard InChI is InChI=1S/C18H19NO2S/c1-19(21)18(20)12-11-16-9-5-6-10-17(16)22-14-13-15-7-3-2-4-8-15/h2-12,21H,13-14H2,1H3. The largest absolute Gasteiger partial charge is 0.286 e. The summed E-state index contributed by atoms with van der Waals surface area (Å²) >= 11 is 1.76. The smallest absolute Gasteiger partial charge is 0.269 e. The highest BCUT2D eigenvalue weighted by Crippen LogP contribution is 2.24. The Morgan fingerprint density at radius 3 is 2.55 bits per heavy atom. The number of nitrogens with zero attached hydrogens (tertiary/aromatic N) is 1. The Morgan fingerprint density at radius 1 is 1.14 bits per heavy atom. The number of aryl methyl sites for hydroxylation is 1. The highest BCUT2D eigenvalue weighted by molar-refractivity contribution is 7.99. The van der Waals surface area contributed by atoms with Gasteiger partial charge in [-0.05, 0) is 29.7 Å². The van der Waals surface area contributed by atoms with E-state index in [2.05, 4.69) is 12.1 Å². The van der Waals surface area contributed by atoms with Crippen molar-refractivity contribution in [2.45, 2.75) is 11.3 Å². The summed E-state index contributed by atoms with van der Waals surface area (Å²) < 4.78 is 0. The van der Waals surface area contributed by atoms with Gasteiger partial charge >= 0.3 is 0 Å². The van der Waals surface area contributed by atoms with Gasteiger partial charge in [0.25, 0.3) is 5.91 Å². The number of likely N-dealkylation sites (N-methyl/N-ethyl adjacent to an activating group) is 1. The van der Waals surface area contributed by atoms with Gasteiger partial charge in [0, 0.05) is 23.8 Å². The number of hydrogen-bond acceptors (Lipinski definition) is 3. The molecule has 0 atom stereocenters. The van der Waals surface area contributed by atoms with E-state index in [0.29, 0.717) is 5.06 Å². The molecule has 0 bridgehead atoms. The van der Waals surface area contributed by atoms with Gasteiger partial charge in [0.1, 0.15) is 0 Å². The zero-order chi connectivity index (χ0) is 15.8. The lowest BCUT2D eigenvalue weighted by Gasteiger charge is -2.07. The summed E-state index contributed by atoms with van der Waals surface area (Å²) in [5.41, 5.74) is 2.30. The number of carbonyl (C=O) groups is 1. The average molecular weight is 313 g/mol. The van der Waals surface area contributed by atoms with Crippen LogP contribution in [0.3, 0.4) is 0 Å². The van der Waals surface area contributed by atoms with Crippen molar-refractivity contribution in [3.63, 3.8) is 0 Å². The fourth-order valence-electron chi connectivity index (χ4n) is 1.94. The fourth-order valence-corrected chi connectivity index (χ4v) is 2.98. The van der Waals surface area contributed by atoms with Crippen LogP contribution >= 0.6 is 11.8 Å². The van der Waals surface area contributed by atoms with Crippen LogP contribution in [0.15, 0.2) is 65.6 Å². The Hall–Kier alpha value is -2.04. The molecule has 4 heteroatoms. The van der Waals surface area contributed by atoms with E-state index in [4.69, 9.17) is 5.21 Å². The molecule has 0 unspecified atom stereocenters. The van der Waals surface area contributed by atoms with Crippen LogP contribution in [0.5, 0.6) is 0 Å². The summed E-state index contributed by atoms with van der Waals surface area (Å²) in [7, 11) is 1.31. The molecule has 2 rings (SSSR count). The van der Waals surface area contributed by atoms with Crippen LogP contribution < -0.4 is 0 Å². The molecule has 0 saturated heterocycles. The van der Waals surface area contributed by atoms with Gasteiger partial charge in [-0.2, -0.15) is 0 Å². The fraction of sp³-hybridized carbons (Fsp3) is 0.167. The molecule has 3 nitrogen and oxygen atoms in total. The number of carbonyl (C=O) groups excluding carboxylic acids is 1. The van der Waals surface area contributed by atoms with Crippen LogP contribution in [0.2, 0.25) is 0 Å². The number of hydroxylamine groups is 2. The Morgan fingerprint density at radius 2 is 1.82 bits per heavy atom. The van der Waals surface area contributed by atoms with E-state index < -0.39 is 5.91 Å². The van der Waals surface area contributed by atoms with Crippen molar-refractivity contribution in [2.75, 3.05) is 12.8 Å². The van der Waals surface area contributed by atoms with Crippen molar-refractivity contribution in [1.82, 2.24) is 5.06 Å². The van der Waals surface area contributed by atoms with E-state index in [1.54, 1.807) is 17.8 Å². The summed E-state index contributed by atoms with van der Waals surface area (Å²) in [6.45, 7) is 0. The quantitative estimate of drug-likeness (QED) is 0.381. The van der Waals surface area contributed by atoms with Crippen LogP contribution in [-0.2, 0) is 11.2 Å². The highest BCUT2D eigenvalue weighted by Gasteiger charge is 2.03. The van der Waals surface area contributed by atoms with E-state index in [-0.39, 0.29) is 0 Å². The van der Waals surface area contributed by atoms with Crippen LogP contribution in [0.4, 0.5) is 0 Å². The second-order valence-corrected chi connectivity index (χ2v) is 5.95. The van der Waals surface area contributed by atoms with Crippen molar-refractivity contribution in [3.8, 4) is 0 Å². The molecule has 114 valence electrons. The third-order valence-corrected chi connectivity index (χ3v) is 4.23. The van der Waals surface area contributed by atoms with E-state index in [9.17, 15) is 4.79 Å². The maximum Gasteiger partial charge on any atom is 0.269 e. The first-order valence-corrected chi connectivity index (χ1v) is 8.06. The SMILES string of the molecule is CN(O)C(=O)C=Cc1ccccc1SCCc1ccccc1. The molecule has 22 heavy (non-hydrogen) atoms. The van der Waals surface area contributed by atoms with Crippen molar-refractivity contribution in [2.24, 2.45) is 0 Å². The van der Waals surface area contributed by atoms with Gasteiger partial charge < -0.3 is 0 Å². The summed E-state index contributed by atoms with van der Waals surface area (Å²) in [6.07, 6.45) is 4.11. The second kappa shape index (κ2) is 8.41. The van der Waals surface area contributed by atoms with Gasteiger partial charge in [0.05, 0.1) is 0 Å². The first-order chi connectivity index (χ1) is 10.7. The number of amides is 1. The third-order valence-electron chi connectivity index (χ3n) is 3.13. The minimum atomic E-state index is -0.441. The van der Waals surface area contributed by atoms with Crippen LogP contribution in [0, 0.1) is 0 Å². The van der Waals surface area contributed by atoms with Crippen molar-refractivity contribution < 1.29 is 10.0 Å². The summed E-state index contributed by atoms with van der Waals surface area (Å²) in [6, 6.07) is 18.3. The summed E-state index contributed by atoms with van der Waals surface area (Å²) in [5.74, 6) is 0.534. The maximum absolute atomic E-state index is 11.4. The molecule has 0 aliphatic heterocycles. The number of thioether (sulfide) groups is 1. The molecule has 0 heterocycles. The molecular weight excluding hydrogens is 294 g/mol. The second-order valence-electron chi connectivity index (χ2n) is 4.82. The number of hydrogen-bond donors (Lipinski definition) is 1. The first-order valence-electron chi connectivity index (χ1n) is 7.07. The molecule has 2 aromatic carbocycles. The Kier molecular flexibility index (Phi) is 6.25. The molecule has 2 aromatic rings. The zero-order valence-corrected chi connectivity index (χ0v) is 13.3. The predicted molar refractivity (Wildman–Crippen MR) is 90.9 cm³/mol. The minimum absolute atomic E-state index is 0.441.